The maximum atomic E-state index is 12.5. The van der Waals surface area contributed by atoms with Gasteiger partial charge in [-0.05, 0) is 31.9 Å². The fourth-order valence-electron chi connectivity index (χ4n) is 2.72. The van der Waals surface area contributed by atoms with Crippen LogP contribution in [0.5, 0.6) is 0 Å². The van der Waals surface area contributed by atoms with Crippen molar-refractivity contribution in [1.82, 2.24) is 10.0 Å². The van der Waals surface area contributed by atoms with Gasteiger partial charge in [-0.25, -0.2) is 17.9 Å². The molecule has 0 saturated carbocycles. The summed E-state index contributed by atoms with van der Waals surface area (Å²) in [7, 11) is -2.32. The summed E-state index contributed by atoms with van der Waals surface area (Å²) in [5.41, 5.74) is 2.23. The Labute approximate surface area is 154 Å². The van der Waals surface area contributed by atoms with Gasteiger partial charge < -0.3 is 15.2 Å². The number of sulfonamides is 1. The van der Waals surface area contributed by atoms with Gasteiger partial charge in [0.1, 0.15) is 6.04 Å². The summed E-state index contributed by atoms with van der Waals surface area (Å²) in [6.45, 7) is 5.38. The van der Waals surface area contributed by atoms with E-state index in [1.165, 1.54) is 7.11 Å². The second kappa shape index (κ2) is 9.65. The molecule has 9 heteroatoms. The molecule has 1 aromatic carbocycles. The van der Waals surface area contributed by atoms with E-state index in [4.69, 9.17) is 9.84 Å². The Morgan fingerprint density at radius 2 is 1.77 bits per heavy atom. The van der Waals surface area contributed by atoms with E-state index in [9.17, 15) is 18.0 Å². The van der Waals surface area contributed by atoms with Gasteiger partial charge in [-0.3, -0.25) is 4.79 Å². The molecule has 0 saturated heterocycles. The van der Waals surface area contributed by atoms with Crippen molar-refractivity contribution >= 4 is 21.9 Å². The van der Waals surface area contributed by atoms with E-state index in [0.29, 0.717) is 11.1 Å². The number of nitrogens with one attached hydrogen (secondary N) is 2. The number of carbonyl (C=O) groups excluding carboxylic acids is 1. The molecule has 1 rings (SSSR count). The van der Waals surface area contributed by atoms with Gasteiger partial charge >= 0.3 is 5.97 Å². The molecule has 0 aliphatic heterocycles. The minimum Gasteiger partial charge on any atom is -0.480 e. The number of aliphatic carboxylic acids is 1. The minimum atomic E-state index is -3.76. The average molecular weight is 386 g/mol. The Kier molecular flexibility index (Phi) is 8.19. The summed E-state index contributed by atoms with van der Waals surface area (Å²) in [6, 6.07) is 2.49. The van der Waals surface area contributed by atoms with Crippen LogP contribution in [0.1, 0.15) is 29.5 Å². The van der Waals surface area contributed by atoms with Gasteiger partial charge in [0.05, 0.1) is 4.90 Å². The highest BCUT2D eigenvalue weighted by Gasteiger charge is 2.22. The first-order valence-corrected chi connectivity index (χ1v) is 9.65. The maximum Gasteiger partial charge on any atom is 0.326 e. The molecule has 0 radical (unpaired) electrons. The fourth-order valence-corrected chi connectivity index (χ4v) is 4.20. The number of hydrogen-bond acceptors (Lipinski definition) is 5. The van der Waals surface area contributed by atoms with Crippen molar-refractivity contribution in [3.05, 3.63) is 28.8 Å². The zero-order valence-corrected chi connectivity index (χ0v) is 16.3. The number of benzene rings is 1. The Balaban J connectivity index is 2.66. The van der Waals surface area contributed by atoms with Crippen molar-refractivity contribution in [2.45, 2.75) is 44.6 Å². The molecule has 0 spiro atoms. The molecule has 0 aromatic heterocycles. The number of ether oxygens (including phenoxy) is 1. The predicted octanol–water partition coefficient (Wildman–Crippen LogP) is 0.886. The number of amides is 1. The maximum absolute atomic E-state index is 12.5. The third-order valence-corrected chi connectivity index (χ3v) is 5.53. The first-order valence-electron chi connectivity index (χ1n) is 8.17. The molecular weight excluding hydrogens is 360 g/mol. The largest absolute Gasteiger partial charge is 0.480 e. The van der Waals surface area contributed by atoms with Crippen LogP contribution < -0.4 is 10.0 Å². The lowest BCUT2D eigenvalue weighted by atomic mass is 10.1. The quantitative estimate of drug-likeness (QED) is 0.549. The second-order valence-corrected chi connectivity index (χ2v) is 7.82. The zero-order chi connectivity index (χ0) is 19.9. The van der Waals surface area contributed by atoms with Gasteiger partial charge in [-0.15, -0.1) is 0 Å². The van der Waals surface area contributed by atoms with Crippen molar-refractivity contribution < 1.29 is 27.9 Å². The first-order chi connectivity index (χ1) is 12.1. The number of carboxylic acid groups (broad SMARTS) is 1. The van der Waals surface area contributed by atoms with E-state index >= 15 is 0 Å². The molecule has 1 atom stereocenters. The van der Waals surface area contributed by atoms with Crippen LogP contribution in [-0.4, -0.2) is 51.7 Å². The van der Waals surface area contributed by atoms with Crippen LogP contribution in [0.4, 0.5) is 0 Å². The van der Waals surface area contributed by atoms with E-state index in [0.717, 1.165) is 5.56 Å². The predicted molar refractivity (Wildman–Crippen MR) is 96.5 cm³/mol. The summed E-state index contributed by atoms with van der Waals surface area (Å²) in [6.07, 6.45) is -0.0367. The Morgan fingerprint density at radius 3 is 2.27 bits per heavy atom. The number of carbonyl (C=O) groups is 2. The molecule has 146 valence electrons. The van der Waals surface area contributed by atoms with Gasteiger partial charge in [0, 0.05) is 33.1 Å². The normalized spacial score (nSPS) is 12.6. The summed E-state index contributed by atoms with van der Waals surface area (Å²) in [4.78, 5) is 23.2. The molecule has 1 unspecified atom stereocenters. The van der Waals surface area contributed by atoms with Crippen LogP contribution >= 0.6 is 0 Å². The lowest BCUT2D eigenvalue weighted by Gasteiger charge is -2.15. The molecule has 1 amide bonds. The Morgan fingerprint density at radius 1 is 1.19 bits per heavy atom. The molecule has 26 heavy (non-hydrogen) atoms. The van der Waals surface area contributed by atoms with E-state index in [1.807, 2.05) is 6.92 Å². The molecular formula is C17H26N2O6S. The lowest BCUT2D eigenvalue weighted by molar-refractivity contribution is -0.142. The molecule has 0 fully saturated rings. The van der Waals surface area contributed by atoms with Crippen molar-refractivity contribution in [3.8, 4) is 0 Å². The number of methoxy groups -OCH3 is 1. The summed E-state index contributed by atoms with van der Waals surface area (Å²) < 4.78 is 32.2. The molecule has 8 nitrogen and oxygen atoms in total. The molecule has 3 N–H and O–H groups in total. The van der Waals surface area contributed by atoms with Crippen molar-refractivity contribution in [1.29, 1.82) is 0 Å². The number of carboxylic acids is 1. The molecule has 0 heterocycles. The van der Waals surface area contributed by atoms with Crippen LogP contribution in [-0.2, 0) is 24.3 Å². The molecule has 0 bridgehead atoms. The minimum absolute atomic E-state index is 0.127. The van der Waals surface area contributed by atoms with Crippen LogP contribution in [0, 0.1) is 20.8 Å². The van der Waals surface area contributed by atoms with Crippen LogP contribution in [0.25, 0.3) is 0 Å². The summed E-state index contributed by atoms with van der Waals surface area (Å²) in [5, 5.41) is 11.4. The van der Waals surface area contributed by atoms with Gasteiger partial charge in [0.15, 0.2) is 0 Å². The van der Waals surface area contributed by atoms with Crippen LogP contribution in [0.2, 0.25) is 0 Å². The lowest BCUT2D eigenvalue weighted by Crippen LogP contribution is -2.42. The van der Waals surface area contributed by atoms with Gasteiger partial charge in [0.2, 0.25) is 15.9 Å². The van der Waals surface area contributed by atoms with E-state index < -0.39 is 27.9 Å². The second-order valence-electron chi connectivity index (χ2n) is 6.12. The van der Waals surface area contributed by atoms with Gasteiger partial charge in [-0.1, -0.05) is 17.7 Å². The Bertz CT molecular complexity index is 738. The number of aryl methyl sites for hydroxylation is 3. The highest BCUT2D eigenvalue weighted by atomic mass is 32.2. The van der Waals surface area contributed by atoms with Crippen molar-refractivity contribution in [2.75, 3.05) is 20.3 Å². The third-order valence-electron chi connectivity index (χ3n) is 3.76. The Hall–Kier alpha value is -1.97. The summed E-state index contributed by atoms with van der Waals surface area (Å²) in [5.74, 6) is -1.71. The standard InChI is InChI=1S/C17H26N2O6S/c1-11-9-12(2)16(13(3)10-11)26(23,24)18-7-5-15(20)19-14(17(21)22)6-8-25-4/h9-10,14,18H,5-8H2,1-4H3,(H,19,20)(H,21,22). The smallest absolute Gasteiger partial charge is 0.326 e. The molecule has 0 aliphatic carbocycles. The number of rotatable bonds is 10. The molecule has 1 aromatic rings. The average Bonchev–Trinajstić information content (AvgIpc) is 2.49. The van der Waals surface area contributed by atoms with Crippen molar-refractivity contribution in [2.24, 2.45) is 0 Å². The number of hydrogen-bond donors (Lipinski definition) is 3. The highest BCUT2D eigenvalue weighted by Crippen LogP contribution is 2.21. The van der Waals surface area contributed by atoms with E-state index in [1.54, 1.807) is 26.0 Å². The third kappa shape index (κ3) is 6.40. The van der Waals surface area contributed by atoms with Gasteiger partial charge in [-0.2, -0.15) is 0 Å². The van der Waals surface area contributed by atoms with Crippen LogP contribution in [0.15, 0.2) is 17.0 Å². The van der Waals surface area contributed by atoms with Crippen LogP contribution in [0.3, 0.4) is 0 Å². The van der Waals surface area contributed by atoms with E-state index in [-0.39, 0.29) is 30.9 Å². The SMILES string of the molecule is COCCC(NC(=O)CCNS(=O)(=O)c1c(C)cc(C)cc1C)C(=O)O. The topological polar surface area (TPSA) is 122 Å². The van der Waals surface area contributed by atoms with Crippen molar-refractivity contribution in [3.63, 3.8) is 0 Å². The monoisotopic (exact) mass is 386 g/mol. The van der Waals surface area contributed by atoms with Gasteiger partial charge in [0.25, 0.3) is 0 Å². The molecule has 0 aliphatic rings. The summed E-state index contributed by atoms with van der Waals surface area (Å²) >= 11 is 0. The fraction of sp³-hybridized carbons (Fsp3) is 0.529. The highest BCUT2D eigenvalue weighted by molar-refractivity contribution is 7.89. The zero-order valence-electron chi connectivity index (χ0n) is 15.5. The van der Waals surface area contributed by atoms with E-state index in [2.05, 4.69) is 10.0 Å². The first kappa shape index (κ1) is 22.1.